The topological polar surface area (TPSA) is 124 Å². The summed E-state index contributed by atoms with van der Waals surface area (Å²) >= 11 is 0. The third-order valence-electron chi connectivity index (χ3n) is 0.167. The molecule has 0 aliphatic heterocycles. The summed E-state index contributed by atoms with van der Waals surface area (Å²) in [6.07, 6.45) is 0. The van der Waals surface area contributed by atoms with Crippen molar-refractivity contribution in [1.82, 2.24) is 0 Å². The number of rotatable bonds is 2. The van der Waals surface area contributed by atoms with Crippen LogP contribution in [-0.4, -0.2) is 25.9 Å². The third-order valence-corrected chi connectivity index (χ3v) is 1.50. The van der Waals surface area contributed by atoms with Crippen molar-refractivity contribution in [2.75, 3.05) is 0 Å². The van der Waals surface area contributed by atoms with Crippen LogP contribution >= 0.6 is 0 Å². The molecule has 0 amide bonds. The van der Waals surface area contributed by atoms with E-state index in [9.17, 15) is 25.9 Å². The molecular weight excluding hydrogens is 347 g/mol. The van der Waals surface area contributed by atoms with Crippen LogP contribution in [0.1, 0.15) is 0 Å². The minimum Gasteiger partial charge on any atom is -0.725 e. The van der Waals surface area contributed by atoms with Crippen LogP contribution in [0.5, 0.6) is 0 Å². The molecule has 0 aromatic carbocycles. The van der Waals surface area contributed by atoms with E-state index >= 15 is 0 Å². The van der Waals surface area contributed by atoms with Crippen LogP contribution in [0.15, 0.2) is 0 Å². The van der Waals surface area contributed by atoms with E-state index in [1.54, 1.807) is 0 Å². The van der Waals surface area contributed by atoms with E-state index in [0.29, 0.717) is 0 Å². The van der Waals surface area contributed by atoms with Gasteiger partial charge in [-0.2, -0.15) is 3.63 Å². The van der Waals surface area contributed by atoms with Gasteiger partial charge in [0.25, 0.3) is 0 Å². The van der Waals surface area contributed by atoms with Crippen molar-refractivity contribution in [2.45, 2.75) is 0 Å². The summed E-state index contributed by atoms with van der Waals surface area (Å²) in [6, 6.07) is 0. The Bertz CT molecular complexity index is 240. The van der Waals surface area contributed by atoms with E-state index in [0.717, 1.165) is 0 Å². The monoisotopic (exact) mass is 346 g/mol. The van der Waals surface area contributed by atoms with Gasteiger partial charge < -0.3 is 9.11 Å². The molecule has 11 heteroatoms. The zero-order chi connectivity index (χ0) is 7.71. The second-order valence-electron chi connectivity index (χ2n) is 0.885. The number of hydrogen-bond acceptors (Lipinski definition) is 7. The molecule has 0 heterocycles. The Kier molecular flexibility index (Phi) is 13.8. The Balaban J connectivity index is -0.000000320. The summed E-state index contributed by atoms with van der Waals surface area (Å²) in [7, 11) is -10.9. The molecule has 0 aromatic rings. The fraction of sp³-hybridized carbons (Fsp3) is 0. The zero-order valence-corrected chi connectivity index (χ0v) is 17.1. The van der Waals surface area contributed by atoms with Crippen molar-refractivity contribution in [3.8, 4) is 0 Å². The quantitative estimate of drug-likeness (QED) is 0.359. The molecule has 0 spiro atoms. The fourth-order valence-corrected chi connectivity index (χ4v) is 0.919. The minimum atomic E-state index is -5.43. The van der Waals surface area contributed by atoms with Gasteiger partial charge >= 0.3 is 116 Å². The fourth-order valence-electron chi connectivity index (χ4n) is 0.102. The standard InChI is InChI=1S/H2O7S2.2Rb/c1-8(2,3)7-9(4,5)6;;/h(H,1,2,3)(H,4,5,6);;/q;2*+1/p-2. The van der Waals surface area contributed by atoms with Gasteiger partial charge in [0.05, 0.1) is 0 Å². The van der Waals surface area contributed by atoms with E-state index < -0.39 is 20.8 Å². The van der Waals surface area contributed by atoms with Crippen molar-refractivity contribution in [3.63, 3.8) is 0 Å². The largest absolute Gasteiger partial charge is 1.00 e. The molecule has 0 saturated heterocycles. The maximum absolute atomic E-state index is 9.29. The molecule has 0 radical (unpaired) electrons. The molecule has 7 nitrogen and oxygen atoms in total. The van der Waals surface area contributed by atoms with E-state index in [1.807, 2.05) is 0 Å². The summed E-state index contributed by atoms with van der Waals surface area (Å²) < 4.78 is 58.2. The van der Waals surface area contributed by atoms with E-state index in [4.69, 9.17) is 0 Å². The molecule has 0 aliphatic rings. The van der Waals surface area contributed by atoms with E-state index in [1.165, 1.54) is 0 Å². The van der Waals surface area contributed by atoms with Gasteiger partial charge in [0, 0.05) is 0 Å². The Morgan fingerprint density at radius 2 is 1.00 bits per heavy atom. The second kappa shape index (κ2) is 7.65. The van der Waals surface area contributed by atoms with Gasteiger partial charge in [-0.1, -0.05) is 0 Å². The molecule has 0 aromatic heterocycles. The SMILES string of the molecule is O=S(=O)([O-])OS(=O)(=O)[O-].[Rb+].[Rb+]. The molecule has 0 N–H and O–H groups in total. The summed E-state index contributed by atoms with van der Waals surface area (Å²) in [4.78, 5) is 0. The van der Waals surface area contributed by atoms with Gasteiger partial charge in [-0.3, -0.25) is 0 Å². The smallest absolute Gasteiger partial charge is 0.725 e. The second-order valence-corrected chi connectivity index (χ2v) is 3.06. The Hall–Kier alpha value is 3.39. The first-order chi connectivity index (χ1) is 3.71. The first kappa shape index (κ1) is 19.9. The van der Waals surface area contributed by atoms with Crippen LogP contribution in [0.2, 0.25) is 0 Å². The summed E-state index contributed by atoms with van der Waals surface area (Å²) in [5, 5.41) is 0. The Morgan fingerprint density at radius 1 is 0.818 bits per heavy atom. The molecule has 56 valence electrons. The van der Waals surface area contributed by atoms with Crippen LogP contribution in [0.4, 0.5) is 0 Å². The van der Waals surface area contributed by atoms with Crippen LogP contribution in [-0.2, 0) is 24.4 Å². The van der Waals surface area contributed by atoms with Gasteiger partial charge in [0.2, 0.25) is 20.8 Å². The van der Waals surface area contributed by atoms with Gasteiger partial charge in [0.15, 0.2) is 0 Å². The van der Waals surface area contributed by atoms with Crippen LogP contribution in [0, 0.1) is 0 Å². The van der Waals surface area contributed by atoms with Crippen molar-refractivity contribution < 1.29 is 146 Å². The molecule has 0 atom stereocenters. The molecule has 0 rings (SSSR count). The van der Waals surface area contributed by atoms with E-state index in [-0.39, 0.29) is 116 Å². The van der Waals surface area contributed by atoms with Crippen molar-refractivity contribution in [3.05, 3.63) is 0 Å². The van der Waals surface area contributed by atoms with Crippen LogP contribution in [0.3, 0.4) is 0 Å². The Morgan fingerprint density at radius 3 is 1.00 bits per heavy atom. The molecule has 0 bridgehead atoms. The molecule has 0 aliphatic carbocycles. The molecule has 0 unspecified atom stereocenters. The van der Waals surface area contributed by atoms with Gasteiger partial charge in [-0.25, -0.2) is 16.8 Å². The van der Waals surface area contributed by atoms with Crippen LogP contribution < -0.4 is 116 Å². The molecule has 0 fully saturated rings. The molecule has 0 saturated carbocycles. The van der Waals surface area contributed by atoms with Crippen molar-refractivity contribution in [2.24, 2.45) is 0 Å². The summed E-state index contributed by atoms with van der Waals surface area (Å²) in [5.74, 6) is 0. The Labute approximate surface area is 162 Å². The average molecular weight is 347 g/mol. The molecule has 11 heavy (non-hydrogen) atoms. The predicted molar refractivity (Wildman–Crippen MR) is 20.5 cm³/mol. The van der Waals surface area contributed by atoms with Gasteiger partial charge in [0.1, 0.15) is 0 Å². The zero-order valence-electron chi connectivity index (χ0n) is 5.67. The normalized spacial score (nSPS) is 11.1. The first-order valence-corrected chi connectivity index (χ1v) is 4.00. The summed E-state index contributed by atoms with van der Waals surface area (Å²) in [5.41, 5.74) is 0. The first-order valence-electron chi connectivity index (χ1n) is 1.33. The third kappa shape index (κ3) is 19.7. The number of hydrogen-bond donors (Lipinski definition) is 0. The summed E-state index contributed by atoms with van der Waals surface area (Å²) in [6.45, 7) is 0. The maximum atomic E-state index is 9.29. The van der Waals surface area contributed by atoms with Crippen LogP contribution in [0.25, 0.3) is 0 Å². The van der Waals surface area contributed by atoms with E-state index in [2.05, 4.69) is 3.63 Å². The van der Waals surface area contributed by atoms with Crippen molar-refractivity contribution in [1.29, 1.82) is 0 Å². The average Bonchev–Trinajstić information content (AvgIpc) is 1.14. The van der Waals surface area contributed by atoms with Gasteiger partial charge in [-0.15, -0.1) is 0 Å². The van der Waals surface area contributed by atoms with Crippen molar-refractivity contribution >= 4 is 20.8 Å². The minimum absolute atomic E-state index is 0. The molecular formula is O7Rb2S2. The predicted octanol–water partition coefficient (Wildman–Crippen LogP) is -8.07. The maximum Gasteiger partial charge on any atom is 1.00 e. The van der Waals surface area contributed by atoms with Gasteiger partial charge in [-0.05, 0) is 0 Å².